The lowest BCUT2D eigenvalue weighted by Gasteiger charge is -2.18. The molecular weight excluding hydrogens is 1020 g/mol. The molecule has 0 bridgehead atoms. The van der Waals surface area contributed by atoms with E-state index in [1.165, 1.54) is 20.8 Å². The molecule has 20 heteroatoms. The Labute approximate surface area is 399 Å². The average molecular weight is 1080 g/mol. The van der Waals surface area contributed by atoms with E-state index in [0.29, 0.717) is 46.8 Å². The molecule has 14 nitrogen and oxygen atoms in total. The molecule has 0 heterocycles. The number of hydrogen-bond donors (Lipinski definition) is 5. The number of rotatable bonds is 13. The van der Waals surface area contributed by atoms with Crippen molar-refractivity contribution in [2.45, 2.75) is 116 Å². The van der Waals surface area contributed by atoms with Gasteiger partial charge < -0.3 is 41.0 Å². The molecule has 0 aromatic heterocycles. The molecule has 352 valence electrons. The van der Waals surface area contributed by atoms with Gasteiger partial charge in [0, 0.05) is 47.2 Å². The minimum atomic E-state index is -1.85. The standard InChI is InChI=1S/C16H22ClNO3Si.C10H18O3Si.C8H16O3Si.C6H5ClIN.C3H4O3/c1-16(20,15(19)21-9-10-22(2,3)4)8-7-12-5-6-14(18)13(17)11-12;1-6-10(2,12)9(11)13-7-8-14(3,4)5;1-7(9)8(10)11-5-6-12(2,3)4;7-5-3-4(8)1-2-6(5)9;1-2(4)3(5)6/h5-6,11,20H,9-10,18H2,1-4H3;1,12H,7-8H2,2-5H3;5-6H2,1-4H3;1-3H,9H2;1H3,(H,5,6). The maximum absolute atomic E-state index is 11.9. The molecule has 2 atom stereocenters. The van der Waals surface area contributed by atoms with Crippen molar-refractivity contribution in [2.75, 3.05) is 31.3 Å². The minimum Gasteiger partial charge on any atom is -0.476 e. The Balaban J connectivity index is -0.000000763. The maximum Gasteiger partial charge on any atom is 0.374 e. The number of carbonyl (C=O) groups excluding carboxylic acids is 5. The van der Waals surface area contributed by atoms with E-state index in [-0.39, 0.29) is 0 Å². The Bertz CT molecular complexity index is 1950. The molecule has 2 aromatic carbocycles. The monoisotopic (exact) mass is 1080 g/mol. The lowest BCUT2D eigenvalue weighted by Crippen LogP contribution is -2.36. The lowest BCUT2D eigenvalue weighted by molar-refractivity contribution is -0.158. The second-order valence-corrected chi connectivity index (χ2v) is 36.6. The predicted molar refractivity (Wildman–Crippen MR) is 268 cm³/mol. The van der Waals surface area contributed by atoms with E-state index in [0.717, 1.165) is 28.6 Å². The van der Waals surface area contributed by atoms with Gasteiger partial charge >= 0.3 is 23.9 Å². The number of anilines is 2. The molecule has 0 aliphatic carbocycles. The van der Waals surface area contributed by atoms with Crippen LogP contribution in [-0.2, 0) is 43.0 Å². The number of benzene rings is 2. The molecule has 2 rings (SSSR count). The summed E-state index contributed by atoms with van der Waals surface area (Å²) in [5, 5.41) is 28.1. The number of nitrogen functional groups attached to an aromatic ring is 2. The molecule has 0 saturated heterocycles. The number of carboxylic acids is 1. The summed E-state index contributed by atoms with van der Waals surface area (Å²) in [4.78, 5) is 63.1. The zero-order valence-corrected chi connectivity index (χ0v) is 45.3. The second kappa shape index (κ2) is 29.7. The van der Waals surface area contributed by atoms with Crippen molar-refractivity contribution in [3.8, 4) is 24.2 Å². The first-order chi connectivity index (χ1) is 28.4. The maximum atomic E-state index is 11.9. The van der Waals surface area contributed by atoms with Crippen molar-refractivity contribution in [1.82, 2.24) is 0 Å². The molecule has 0 aliphatic rings. The first kappa shape index (κ1) is 63.5. The number of aliphatic carboxylic acids is 1. The third kappa shape index (κ3) is 35.3. The zero-order valence-electron chi connectivity index (χ0n) is 38.6. The lowest BCUT2D eigenvalue weighted by atomic mass is 10.1. The SMILES string of the molecule is C#CC(C)(O)C(=O)OCC[Si](C)(C)C.CC(=O)C(=O)O.CC(=O)C(=O)OCC[Si](C)(C)C.CC(O)(C#Cc1ccc(N)c(Cl)c1)C(=O)OCC[Si](C)(C)C.Nc1ccc(I)cc1Cl. The molecule has 0 amide bonds. The van der Waals surface area contributed by atoms with Gasteiger partial charge in [-0.1, -0.05) is 99.9 Å². The predicted octanol–water partition coefficient (Wildman–Crippen LogP) is 7.80. The molecule has 7 N–H and O–H groups in total. The van der Waals surface area contributed by atoms with Crippen molar-refractivity contribution in [1.29, 1.82) is 0 Å². The van der Waals surface area contributed by atoms with Gasteiger partial charge in [-0.15, -0.1) is 6.42 Å². The fraction of sp³-hybridized carbons (Fsp3) is 0.488. The summed E-state index contributed by atoms with van der Waals surface area (Å²) in [5.41, 5.74) is 9.07. The number of esters is 3. The number of hydrogen-bond acceptors (Lipinski definition) is 13. The number of aliphatic hydroxyl groups is 2. The van der Waals surface area contributed by atoms with E-state index in [2.05, 4.69) is 93.4 Å². The number of Topliss-reactive ketones (excluding diaryl/α,β-unsaturated/α-hetero) is 2. The summed E-state index contributed by atoms with van der Waals surface area (Å²) in [6, 6.07) is 13.0. The Morgan fingerprint density at radius 1 is 0.683 bits per heavy atom. The summed E-state index contributed by atoms with van der Waals surface area (Å²) >= 11 is 13.8. The first-order valence-electron chi connectivity index (χ1n) is 19.3. The number of halogens is 3. The van der Waals surface area contributed by atoms with Gasteiger partial charge in [0.05, 0.1) is 41.2 Å². The van der Waals surface area contributed by atoms with Gasteiger partial charge in [0.25, 0.3) is 0 Å². The number of ketones is 2. The Hall–Kier alpha value is -3.74. The third-order valence-corrected chi connectivity index (χ3v) is 13.8. The van der Waals surface area contributed by atoms with E-state index < -0.39 is 70.9 Å². The van der Waals surface area contributed by atoms with Crippen LogP contribution in [0.5, 0.6) is 0 Å². The van der Waals surface area contributed by atoms with Crippen LogP contribution in [0.4, 0.5) is 11.4 Å². The van der Waals surface area contributed by atoms with Gasteiger partial charge in [-0.3, -0.25) is 9.59 Å². The summed E-state index contributed by atoms with van der Waals surface area (Å²) in [6.07, 6.45) is 4.97. The van der Waals surface area contributed by atoms with E-state index in [1.807, 2.05) is 18.1 Å². The van der Waals surface area contributed by atoms with Gasteiger partial charge in [-0.2, -0.15) is 0 Å². The highest BCUT2D eigenvalue weighted by molar-refractivity contribution is 14.1. The molecule has 2 unspecified atom stereocenters. The Morgan fingerprint density at radius 3 is 1.37 bits per heavy atom. The largest absolute Gasteiger partial charge is 0.476 e. The van der Waals surface area contributed by atoms with E-state index >= 15 is 0 Å². The van der Waals surface area contributed by atoms with Crippen LogP contribution >= 0.6 is 45.8 Å². The fourth-order valence-corrected chi connectivity index (χ4v) is 6.32. The van der Waals surface area contributed by atoms with E-state index in [9.17, 15) is 39.0 Å². The van der Waals surface area contributed by atoms with E-state index in [1.54, 1.807) is 24.3 Å². The van der Waals surface area contributed by atoms with Crippen molar-refractivity contribution >= 4 is 117 Å². The summed E-state index contributed by atoms with van der Waals surface area (Å²) in [7, 11) is -3.64. The van der Waals surface area contributed by atoms with Crippen molar-refractivity contribution in [2.24, 2.45) is 0 Å². The molecule has 0 spiro atoms. The van der Waals surface area contributed by atoms with Crippen LogP contribution in [0.1, 0.15) is 33.3 Å². The Kier molecular flexibility index (Phi) is 29.9. The Morgan fingerprint density at radius 2 is 1.05 bits per heavy atom. The number of carbonyl (C=O) groups is 6. The summed E-state index contributed by atoms with van der Waals surface area (Å²) in [5.74, 6) is 2.29. The first-order valence-corrected chi connectivity index (χ1v) is 32.3. The van der Waals surface area contributed by atoms with Gasteiger partial charge in [-0.25, -0.2) is 19.2 Å². The van der Waals surface area contributed by atoms with Gasteiger partial charge in [0.2, 0.25) is 22.8 Å². The van der Waals surface area contributed by atoms with Crippen LogP contribution < -0.4 is 11.5 Å². The normalized spacial score (nSPS) is 12.4. The van der Waals surface area contributed by atoms with Crippen LogP contribution in [0, 0.1) is 27.8 Å². The fourth-order valence-electron chi connectivity index (χ4n) is 3.14. The highest BCUT2D eigenvalue weighted by atomic mass is 127. The summed E-state index contributed by atoms with van der Waals surface area (Å²) < 4.78 is 15.8. The quantitative estimate of drug-likeness (QED) is 0.0245. The molecular formula is C43H65Cl2IN2O12Si3. The zero-order chi connectivity index (χ0) is 50.2. The molecule has 0 saturated carbocycles. The molecule has 0 radical (unpaired) electrons. The van der Waals surface area contributed by atoms with Crippen LogP contribution in [0.25, 0.3) is 0 Å². The van der Waals surface area contributed by atoms with Gasteiger partial charge in [0.1, 0.15) is 0 Å². The number of nitrogens with two attached hydrogens (primary N) is 2. The molecule has 0 fully saturated rings. The van der Waals surface area contributed by atoms with Crippen LogP contribution in [-0.4, -0.2) is 106 Å². The van der Waals surface area contributed by atoms with Crippen LogP contribution in [0.15, 0.2) is 36.4 Å². The van der Waals surface area contributed by atoms with E-state index in [4.69, 9.17) is 60.4 Å². The second-order valence-electron chi connectivity index (χ2n) is 17.7. The molecule has 0 aliphatic heterocycles. The number of ether oxygens (including phenoxy) is 3. The van der Waals surface area contributed by atoms with Crippen molar-refractivity contribution < 1.29 is 58.3 Å². The highest BCUT2D eigenvalue weighted by Crippen LogP contribution is 2.21. The van der Waals surface area contributed by atoms with Crippen molar-refractivity contribution in [3.05, 3.63) is 55.6 Å². The van der Waals surface area contributed by atoms with Crippen LogP contribution in [0.2, 0.25) is 87.1 Å². The smallest absolute Gasteiger partial charge is 0.374 e. The average Bonchev–Trinajstić information content (AvgIpc) is 3.13. The van der Waals surface area contributed by atoms with Gasteiger partial charge in [-0.05, 0) is 91.0 Å². The number of carboxylic acid groups (broad SMARTS) is 1. The number of terminal acetylenes is 1. The minimum absolute atomic E-state index is 0.306. The third-order valence-electron chi connectivity index (χ3n) is 7.33. The summed E-state index contributed by atoms with van der Waals surface area (Å²) in [6.45, 7) is 25.5. The van der Waals surface area contributed by atoms with Gasteiger partial charge in [0.15, 0.2) is 0 Å². The van der Waals surface area contributed by atoms with Crippen LogP contribution in [0.3, 0.4) is 0 Å². The highest BCUT2D eigenvalue weighted by Gasteiger charge is 2.31. The van der Waals surface area contributed by atoms with Crippen molar-refractivity contribution in [3.63, 3.8) is 0 Å². The topological polar surface area (TPSA) is 243 Å². The molecule has 63 heavy (non-hydrogen) atoms. The molecule has 2 aromatic rings.